The molecule has 8 aromatic carbocycles. The lowest BCUT2D eigenvalue weighted by Crippen LogP contribution is -2.03. The minimum absolute atomic E-state index is 0.121. The van der Waals surface area contributed by atoms with Crippen LogP contribution in [0.5, 0.6) is 0 Å². The third kappa shape index (κ3) is 5.75. The van der Waals surface area contributed by atoms with Gasteiger partial charge in [-0.1, -0.05) is 200 Å². The summed E-state index contributed by atoms with van der Waals surface area (Å²) in [5.41, 5.74) is 16.3. The Balaban J connectivity index is 1.05. The number of hydrogen-bond acceptors (Lipinski definition) is 2. The van der Waals surface area contributed by atoms with Crippen LogP contribution in [0.1, 0.15) is 28.2 Å². The molecule has 58 heavy (non-hydrogen) atoms. The first-order valence-electron chi connectivity index (χ1n) is 19.9. The van der Waals surface area contributed by atoms with Gasteiger partial charge in [-0.2, -0.15) is 0 Å². The molecule has 0 radical (unpaired) electrons. The summed E-state index contributed by atoms with van der Waals surface area (Å²) in [6.45, 7) is 0. The summed E-state index contributed by atoms with van der Waals surface area (Å²) in [5.74, 6) is 1.67. The molecule has 1 unspecified atom stereocenters. The summed E-state index contributed by atoms with van der Waals surface area (Å²) in [7, 11) is 0. The fourth-order valence-corrected chi connectivity index (χ4v) is 8.86. The van der Waals surface area contributed by atoms with Crippen molar-refractivity contribution in [3.05, 3.63) is 235 Å². The van der Waals surface area contributed by atoms with Gasteiger partial charge < -0.3 is 0 Å². The molecular formula is C55H37N3. The first-order valence-corrected chi connectivity index (χ1v) is 19.9. The zero-order chi connectivity index (χ0) is 38.4. The lowest BCUT2D eigenvalue weighted by molar-refractivity contribution is 1.05. The van der Waals surface area contributed by atoms with Gasteiger partial charge in [0.25, 0.3) is 0 Å². The number of nitrogens with zero attached hydrogens (tertiary/aromatic N) is 3. The van der Waals surface area contributed by atoms with Gasteiger partial charge in [0.05, 0.1) is 5.69 Å². The van der Waals surface area contributed by atoms with E-state index >= 15 is 0 Å². The van der Waals surface area contributed by atoms with Crippen molar-refractivity contribution < 1.29 is 0 Å². The van der Waals surface area contributed by atoms with E-state index in [1.165, 1.54) is 39.0 Å². The van der Waals surface area contributed by atoms with Gasteiger partial charge in [-0.25, -0.2) is 9.97 Å². The molecule has 10 aromatic rings. The SMILES string of the molecule is C1=C(c2cccc(-c3cccc(-c4nc(-c5ccccc5)n5c(-c6ccccc6)c6ccccc6c5n4)c3)c2)C(c2ccccc2)c2cccc(-c3ccccc3)c21. The molecule has 3 heteroatoms. The standard InChI is InChI=1S/C55H37N3/c1-5-18-37(19-6-1)45-32-17-33-46-50(45)36-49(51(46)38-20-7-2-8-21-38)43-28-15-26-41(34-43)42-27-16-29-44(35-42)53-56-54(40-24-11-4-12-25-40)58-52(39-22-9-3-10-23-39)47-30-13-14-31-48(47)55(58)57-53/h1-36,51H. The summed E-state index contributed by atoms with van der Waals surface area (Å²) in [6.07, 6.45) is 2.42. The first-order chi connectivity index (χ1) is 28.8. The van der Waals surface area contributed by atoms with Crippen molar-refractivity contribution >= 4 is 28.1 Å². The fraction of sp³-hybridized carbons (Fsp3) is 0.0182. The Hall–Kier alpha value is -7.62. The van der Waals surface area contributed by atoms with Gasteiger partial charge in [-0.15, -0.1) is 0 Å². The van der Waals surface area contributed by atoms with Gasteiger partial charge in [0.2, 0.25) is 0 Å². The molecule has 272 valence electrons. The van der Waals surface area contributed by atoms with Crippen molar-refractivity contribution in [3.8, 4) is 56.3 Å². The zero-order valence-corrected chi connectivity index (χ0v) is 31.7. The number of aromatic nitrogens is 3. The molecule has 1 aliphatic rings. The molecule has 0 fully saturated rings. The monoisotopic (exact) mass is 739 g/mol. The Kier molecular flexibility index (Phi) is 8.22. The number of rotatable bonds is 7. The Morgan fingerprint density at radius 1 is 0.397 bits per heavy atom. The van der Waals surface area contributed by atoms with Gasteiger partial charge >= 0.3 is 0 Å². The average Bonchev–Trinajstić information content (AvgIpc) is 3.87. The second-order valence-electron chi connectivity index (χ2n) is 14.9. The molecule has 0 aliphatic heterocycles. The van der Waals surface area contributed by atoms with Crippen LogP contribution in [-0.4, -0.2) is 14.4 Å². The average molecular weight is 740 g/mol. The topological polar surface area (TPSA) is 30.2 Å². The van der Waals surface area contributed by atoms with Gasteiger partial charge in [-0.3, -0.25) is 4.40 Å². The van der Waals surface area contributed by atoms with Crippen molar-refractivity contribution in [3.63, 3.8) is 0 Å². The van der Waals surface area contributed by atoms with Crippen LogP contribution >= 0.6 is 0 Å². The molecule has 0 bridgehead atoms. The van der Waals surface area contributed by atoms with E-state index in [1.54, 1.807) is 0 Å². The summed E-state index contributed by atoms with van der Waals surface area (Å²) < 4.78 is 2.24. The summed E-state index contributed by atoms with van der Waals surface area (Å²) >= 11 is 0. The molecule has 0 saturated heterocycles. The molecule has 2 aromatic heterocycles. The quantitative estimate of drug-likeness (QED) is 0.163. The molecule has 0 spiro atoms. The summed E-state index contributed by atoms with van der Waals surface area (Å²) in [6, 6.07) is 75.7. The lowest BCUT2D eigenvalue weighted by atomic mass is 9.84. The maximum atomic E-state index is 5.38. The third-order valence-corrected chi connectivity index (χ3v) is 11.5. The van der Waals surface area contributed by atoms with Gasteiger partial charge in [0, 0.05) is 27.8 Å². The highest BCUT2D eigenvalue weighted by atomic mass is 15.1. The van der Waals surface area contributed by atoms with E-state index in [-0.39, 0.29) is 5.92 Å². The molecule has 0 saturated carbocycles. The van der Waals surface area contributed by atoms with E-state index in [1.807, 2.05) is 0 Å². The van der Waals surface area contributed by atoms with Crippen molar-refractivity contribution in [2.45, 2.75) is 5.92 Å². The summed E-state index contributed by atoms with van der Waals surface area (Å²) in [5, 5.41) is 2.25. The van der Waals surface area contributed by atoms with Gasteiger partial charge in [0.1, 0.15) is 11.5 Å². The Morgan fingerprint density at radius 3 is 1.64 bits per heavy atom. The van der Waals surface area contributed by atoms with E-state index in [0.29, 0.717) is 5.82 Å². The second-order valence-corrected chi connectivity index (χ2v) is 14.9. The Labute approximate surface area is 337 Å². The molecule has 0 amide bonds. The van der Waals surface area contributed by atoms with E-state index in [9.17, 15) is 0 Å². The van der Waals surface area contributed by atoms with Crippen LogP contribution in [0.2, 0.25) is 0 Å². The maximum absolute atomic E-state index is 5.38. The van der Waals surface area contributed by atoms with Gasteiger partial charge in [0.15, 0.2) is 5.82 Å². The fourth-order valence-electron chi connectivity index (χ4n) is 8.86. The smallest absolute Gasteiger partial charge is 0.163 e. The predicted molar refractivity (Wildman–Crippen MR) is 240 cm³/mol. The molecule has 11 rings (SSSR count). The predicted octanol–water partition coefficient (Wildman–Crippen LogP) is 13.9. The van der Waals surface area contributed by atoms with E-state index in [4.69, 9.17) is 9.97 Å². The second kappa shape index (κ2) is 14.1. The van der Waals surface area contributed by atoms with E-state index in [2.05, 4.69) is 223 Å². The highest BCUT2D eigenvalue weighted by Crippen LogP contribution is 2.49. The van der Waals surface area contributed by atoms with Crippen molar-refractivity contribution in [2.75, 3.05) is 0 Å². The highest BCUT2D eigenvalue weighted by molar-refractivity contribution is 6.06. The minimum atomic E-state index is 0.121. The number of hydrogen-bond donors (Lipinski definition) is 0. The van der Waals surface area contributed by atoms with Crippen LogP contribution in [-0.2, 0) is 0 Å². The molecular weight excluding hydrogens is 703 g/mol. The van der Waals surface area contributed by atoms with E-state index in [0.717, 1.165) is 55.8 Å². The largest absolute Gasteiger partial charge is 0.277 e. The normalized spacial score (nSPS) is 13.4. The zero-order valence-electron chi connectivity index (χ0n) is 31.7. The van der Waals surface area contributed by atoms with Crippen molar-refractivity contribution in [1.82, 2.24) is 14.4 Å². The lowest BCUT2D eigenvalue weighted by Gasteiger charge is -2.19. The van der Waals surface area contributed by atoms with E-state index < -0.39 is 0 Å². The number of benzene rings is 8. The van der Waals surface area contributed by atoms with Gasteiger partial charge in [-0.05, 0) is 73.9 Å². The van der Waals surface area contributed by atoms with Crippen molar-refractivity contribution in [1.29, 1.82) is 0 Å². The number of fused-ring (bicyclic) bond motifs is 4. The minimum Gasteiger partial charge on any atom is -0.277 e. The number of allylic oxidation sites excluding steroid dienone is 1. The van der Waals surface area contributed by atoms with Crippen LogP contribution < -0.4 is 0 Å². The van der Waals surface area contributed by atoms with Crippen molar-refractivity contribution in [2.24, 2.45) is 0 Å². The molecule has 1 aliphatic carbocycles. The van der Waals surface area contributed by atoms with Crippen LogP contribution in [0.15, 0.2) is 212 Å². The molecule has 2 heterocycles. The molecule has 1 atom stereocenters. The first kappa shape index (κ1) is 33.7. The maximum Gasteiger partial charge on any atom is 0.163 e. The van der Waals surface area contributed by atoms with Crippen LogP contribution in [0.3, 0.4) is 0 Å². The third-order valence-electron chi connectivity index (χ3n) is 11.5. The highest BCUT2D eigenvalue weighted by Gasteiger charge is 2.30. The van der Waals surface area contributed by atoms with Crippen LogP contribution in [0, 0.1) is 0 Å². The molecule has 0 N–H and O–H groups in total. The summed E-state index contributed by atoms with van der Waals surface area (Å²) in [4.78, 5) is 10.7. The Morgan fingerprint density at radius 2 is 0.931 bits per heavy atom. The molecule has 3 nitrogen and oxygen atoms in total. The van der Waals surface area contributed by atoms with Crippen LogP contribution in [0.4, 0.5) is 0 Å². The van der Waals surface area contributed by atoms with Crippen LogP contribution in [0.25, 0.3) is 84.4 Å². The Bertz CT molecular complexity index is 3150.